The highest BCUT2D eigenvalue weighted by Gasteiger charge is 2.29. The van der Waals surface area contributed by atoms with Gasteiger partial charge in [0.15, 0.2) is 0 Å². The van der Waals surface area contributed by atoms with E-state index in [-0.39, 0.29) is 11.8 Å². The number of rotatable bonds is 4. The highest BCUT2D eigenvalue weighted by atomic mass is 16.5. The summed E-state index contributed by atoms with van der Waals surface area (Å²) >= 11 is 0. The fraction of sp³-hybridized carbons (Fsp3) is 0.417. The molecule has 0 aliphatic heterocycles. The SMILES string of the molecule is COCc1ccc(NC(=O)C2CC2)cc1. The fourth-order valence-electron chi connectivity index (χ4n) is 1.44. The lowest BCUT2D eigenvalue weighted by Crippen LogP contribution is -2.13. The third-order valence-electron chi connectivity index (χ3n) is 2.48. The second-order valence-corrected chi connectivity index (χ2v) is 3.89. The van der Waals surface area contributed by atoms with Crippen LogP contribution in [0.1, 0.15) is 18.4 Å². The lowest BCUT2D eigenvalue weighted by Gasteiger charge is -2.05. The molecule has 3 heteroatoms. The van der Waals surface area contributed by atoms with E-state index in [0.29, 0.717) is 6.61 Å². The zero-order valence-corrected chi connectivity index (χ0v) is 8.82. The monoisotopic (exact) mass is 205 g/mol. The number of nitrogens with one attached hydrogen (secondary N) is 1. The lowest BCUT2D eigenvalue weighted by atomic mass is 10.2. The van der Waals surface area contributed by atoms with Crippen LogP contribution in [0.2, 0.25) is 0 Å². The number of amides is 1. The second kappa shape index (κ2) is 4.45. The molecule has 0 saturated heterocycles. The summed E-state index contributed by atoms with van der Waals surface area (Å²) < 4.78 is 5.01. The predicted molar refractivity (Wildman–Crippen MR) is 58.5 cm³/mol. The van der Waals surface area contributed by atoms with Gasteiger partial charge in [-0.05, 0) is 30.5 Å². The van der Waals surface area contributed by atoms with Crippen molar-refractivity contribution in [2.75, 3.05) is 12.4 Å². The van der Waals surface area contributed by atoms with Gasteiger partial charge in [-0.15, -0.1) is 0 Å². The van der Waals surface area contributed by atoms with E-state index >= 15 is 0 Å². The number of anilines is 1. The molecule has 1 aromatic carbocycles. The molecule has 0 spiro atoms. The molecule has 3 nitrogen and oxygen atoms in total. The number of hydrogen-bond donors (Lipinski definition) is 1. The van der Waals surface area contributed by atoms with Crippen molar-refractivity contribution in [2.24, 2.45) is 5.92 Å². The van der Waals surface area contributed by atoms with Gasteiger partial charge in [0.25, 0.3) is 0 Å². The molecule has 1 aliphatic rings. The van der Waals surface area contributed by atoms with Crippen molar-refractivity contribution in [3.63, 3.8) is 0 Å². The molecule has 0 aromatic heterocycles. The van der Waals surface area contributed by atoms with Crippen molar-refractivity contribution >= 4 is 11.6 Å². The van der Waals surface area contributed by atoms with Crippen molar-refractivity contribution in [1.82, 2.24) is 0 Å². The summed E-state index contributed by atoms with van der Waals surface area (Å²) in [5.74, 6) is 0.401. The van der Waals surface area contributed by atoms with Crippen LogP contribution in [0.15, 0.2) is 24.3 Å². The van der Waals surface area contributed by atoms with Gasteiger partial charge in [0.2, 0.25) is 5.91 Å². The van der Waals surface area contributed by atoms with E-state index in [4.69, 9.17) is 4.74 Å². The first-order valence-electron chi connectivity index (χ1n) is 5.18. The van der Waals surface area contributed by atoms with Crippen LogP contribution in [0.5, 0.6) is 0 Å². The molecule has 0 heterocycles. The van der Waals surface area contributed by atoms with Gasteiger partial charge < -0.3 is 10.1 Å². The first-order chi connectivity index (χ1) is 7.29. The molecule has 1 aliphatic carbocycles. The van der Waals surface area contributed by atoms with Crippen LogP contribution in [-0.2, 0) is 16.1 Å². The zero-order valence-electron chi connectivity index (χ0n) is 8.82. The van der Waals surface area contributed by atoms with Crippen molar-refractivity contribution in [3.8, 4) is 0 Å². The number of carbonyl (C=O) groups is 1. The minimum Gasteiger partial charge on any atom is -0.380 e. The zero-order chi connectivity index (χ0) is 10.7. The minimum atomic E-state index is 0.148. The van der Waals surface area contributed by atoms with Crippen LogP contribution in [0.25, 0.3) is 0 Å². The second-order valence-electron chi connectivity index (χ2n) is 3.89. The fourth-order valence-corrected chi connectivity index (χ4v) is 1.44. The Morgan fingerprint density at radius 2 is 2.07 bits per heavy atom. The lowest BCUT2D eigenvalue weighted by molar-refractivity contribution is -0.117. The minimum absolute atomic E-state index is 0.148. The number of benzene rings is 1. The van der Waals surface area contributed by atoms with Crippen LogP contribution in [0.4, 0.5) is 5.69 Å². The molecule has 1 amide bonds. The van der Waals surface area contributed by atoms with Gasteiger partial charge in [-0.2, -0.15) is 0 Å². The molecule has 0 bridgehead atoms. The normalized spacial score (nSPS) is 15.0. The Morgan fingerprint density at radius 1 is 1.40 bits per heavy atom. The summed E-state index contributed by atoms with van der Waals surface area (Å²) in [5, 5.41) is 2.89. The standard InChI is InChI=1S/C12H15NO2/c1-15-8-9-2-6-11(7-3-9)13-12(14)10-4-5-10/h2-3,6-7,10H,4-5,8H2,1H3,(H,13,14). The van der Waals surface area contributed by atoms with Crippen molar-refractivity contribution in [3.05, 3.63) is 29.8 Å². The quantitative estimate of drug-likeness (QED) is 0.818. The Balaban J connectivity index is 1.94. The Morgan fingerprint density at radius 3 is 2.60 bits per heavy atom. The predicted octanol–water partition coefficient (Wildman–Crippen LogP) is 2.18. The molecule has 0 radical (unpaired) electrons. The van der Waals surface area contributed by atoms with Crippen LogP contribution >= 0.6 is 0 Å². The number of ether oxygens (including phenoxy) is 1. The first kappa shape index (κ1) is 10.2. The maximum Gasteiger partial charge on any atom is 0.227 e. The Labute approximate surface area is 89.4 Å². The topological polar surface area (TPSA) is 38.3 Å². The summed E-state index contributed by atoms with van der Waals surface area (Å²) in [6.45, 7) is 0.608. The molecular weight excluding hydrogens is 190 g/mol. The van der Waals surface area contributed by atoms with Crippen LogP contribution in [0.3, 0.4) is 0 Å². The number of hydrogen-bond acceptors (Lipinski definition) is 2. The molecule has 2 rings (SSSR count). The Bertz CT molecular complexity index is 341. The summed E-state index contributed by atoms with van der Waals surface area (Å²) in [5.41, 5.74) is 1.98. The number of carbonyl (C=O) groups excluding carboxylic acids is 1. The van der Waals surface area contributed by atoms with E-state index in [1.807, 2.05) is 24.3 Å². The molecule has 1 N–H and O–H groups in total. The molecule has 1 saturated carbocycles. The molecule has 1 aromatic rings. The van der Waals surface area contributed by atoms with Gasteiger partial charge in [-0.25, -0.2) is 0 Å². The number of methoxy groups -OCH3 is 1. The van der Waals surface area contributed by atoms with Gasteiger partial charge in [0, 0.05) is 18.7 Å². The van der Waals surface area contributed by atoms with Crippen molar-refractivity contribution in [2.45, 2.75) is 19.4 Å². The van der Waals surface area contributed by atoms with Crippen LogP contribution in [0, 0.1) is 5.92 Å². The molecule has 0 unspecified atom stereocenters. The third-order valence-corrected chi connectivity index (χ3v) is 2.48. The van der Waals surface area contributed by atoms with Crippen molar-refractivity contribution < 1.29 is 9.53 Å². The summed E-state index contributed by atoms with van der Waals surface area (Å²) in [6, 6.07) is 7.75. The van der Waals surface area contributed by atoms with Crippen LogP contribution < -0.4 is 5.32 Å². The van der Waals surface area contributed by atoms with E-state index in [1.54, 1.807) is 7.11 Å². The smallest absolute Gasteiger partial charge is 0.227 e. The van der Waals surface area contributed by atoms with Gasteiger partial charge in [-0.1, -0.05) is 12.1 Å². The van der Waals surface area contributed by atoms with Gasteiger partial charge in [0.1, 0.15) is 0 Å². The molecule has 15 heavy (non-hydrogen) atoms. The largest absolute Gasteiger partial charge is 0.380 e. The average molecular weight is 205 g/mol. The van der Waals surface area contributed by atoms with Gasteiger partial charge in [0.05, 0.1) is 6.61 Å². The maximum absolute atomic E-state index is 11.4. The van der Waals surface area contributed by atoms with Gasteiger partial charge >= 0.3 is 0 Å². The summed E-state index contributed by atoms with van der Waals surface area (Å²) in [7, 11) is 1.67. The Hall–Kier alpha value is -1.35. The average Bonchev–Trinajstić information content (AvgIpc) is 3.04. The van der Waals surface area contributed by atoms with Gasteiger partial charge in [-0.3, -0.25) is 4.79 Å². The molecular formula is C12H15NO2. The first-order valence-corrected chi connectivity index (χ1v) is 5.18. The van der Waals surface area contributed by atoms with Crippen LogP contribution in [-0.4, -0.2) is 13.0 Å². The summed E-state index contributed by atoms with van der Waals surface area (Å²) in [4.78, 5) is 11.4. The summed E-state index contributed by atoms with van der Waals surface area (Å²) in [6.07, 6.45) is 2.07. The van der Waals surface area contributed by atoms with E-state index in [9.17, 15) is 4.79 Å². The molecule has 80 valence electrons. The molecule has 1 fully saturated rings. The maximum atomic E-state index is 11.4. The third kappa shape index (κ3) is 2.80. The highest BCUT2D eigenvalue weighted by Crippen LogP contribution is 2.30. The van der Waals surface area contributed by atoms with Crippen molar-refractivity contribution in [1.29, 1.82) is 0 Å². The molecule has 0 atom stereocenters. The van der Waals surface area contributed by atoms with E-state index in [0.717, 1.165) is 24.1 Å². The highest BCUT2D eigenvalue weighted by molar-refractivity contribution is 5.93. The van der Waals surface area contributed by atoms with E-state index in [2.05, 4.69) is 5.32 Å². The van der Waals surface area contributed by atoms with E-state index in [1.165, 1.54) is 0 Å². The van der Waals surface area contributed by atoms with E-state index < -0.39 is 0 Å². The Kier molecular flexibility index (Phi) is 3.02.